The molecule has 222 valence electrons. The van der Waals surface area contributed by atoms with Gasteiger partial charge in [0.05, 0.1) is 6.42 Å². The molecular formula is C32H44ClF3NO3+. The molecular weight excluding hydrogens is 539 g/mol. The van der Waals surface area contributed by atoms with E-state index in [0.29, 0.717) is 56.4 Å². The summed E-state index contributed by atoms with van der Waals surface area (Å²) in [4.78, 5) is 24.6. The fraction of sp³-hybridized carbons (Fsp3) is 0.625. The minimum absolute atomic E-state index is 0.0242. The second-order valence-corrected chi connectivity index (χ2v) is 12.8. The van der Waals surface area contributed by atoms with Gasteiger partial charge in [-0.25, -0.2) is 0 Å². The quantitative estimate of drug-likeness (QED) is 0.211. The van der Waals surface area contributed by atoms with Crippen molar-refractivity contribution in [3.63, 3.8) is 0 Å². The maximum Gasteiger partial charge on any atom is 0.424 e. The lowest BCUT2D eigenvalue weighted by Crippen LogP contribution is -2.27. The summed E-state index contributed by atoms with van der Waals surface area (Å²) in [5.74, 6) is -2.12. The number of aliphatic carboxylic acids is 1. The van der Waals surface area contributed by atoms with Gasteiger partial charge in [0.1, 0.15) is 5.57 Å². The monoisotopic (exact) mass is 582 g/mol. The van der Waals surface area contributed by atoms with Crippen molar-refractivity contribution in [1.29, 1.82) is 0 Å². The molecule has 40 heavy (non-hydrogen) atoms. The van der Waals surface area contributed by atoms with Crippen LogP contribution in [0, 0.1) is 31.1 Å². The van der Waals surface area contributed by atoms with Gasteiger partial charge < -0.3 is 5.11 Å². The molecule has 1 heterocycles. The lowest BCUT2D eigenvalue weighted by molar-refractivity contribution is -0.137. The Kier molecular flexibility index (Phi) is 12.3. The van der Waals surface area contributed by atoms with Crippen LogP contribution in [0.25, 0.3) is 0 Å². The summed E-state index contributed by atoms with van der Waals surface area (Å²) < 4.78 is 47.2. The molecule has 1 N–H and O–H groups in total. The van der Waals surface area contributed by atoms with Crippen molar-refractivity contribution in [3.8, 4) is 0 Å². The molecule has 1 aromatic rings. The van der Waals surface area contributed by atoms with Crippen molar-refractivity contribution in [2.45, 2.75) is 112 Å². The average molecular weight is 583 g/mol. The number of ketones is 1. The van der Waals surface area contributed by atoms with Gasteiger partial charge in [0.25, 0.3) is 0 Å². The van der Waals surface area contributed by atoms with E-state index in [1.165, 1.54) is 0 Å². The Balaban J connectivity index is 2.28. The minimum atomic E-state index is -4.71. The number of halogens is 4. The maximum absolute atomic E-state index is 14.4. The van der Waals surface area contributed by atoms with Gasteiger partial charge in [-0.05, 0) is 92.9 Å². The number of hydrogen-bond acceptors (Lipinski definition) is 2. The molecule has 0 spiro atoms. The summed E-state index contributed by atoms with van der Waals surface area (Å²) in [5, 5.41) is 9.58. The summed E-state index contributed by atoms with van der Waals surface area (Å²) in [6, 6.07) is 3.96. The second-order valence-electron chi connectivity index (χ2n) is 12.4. The van der Waals surface area contributed by atoms with E-state index >= 15 is 0 Å². The topological polar surface area (TPSA) is 68.5 Å². The van der Waals surface area contributed by atoms with Crippen LogP contribution in [0.3, 0.4) is 0 Å². The fourth-order valence-corrected chi connectivity index (χ4v) is 5.79. The van der Waals surface area contributed by atoms with Crippen LogP contribution >= 0.6 is 11.6 Å². The molecule has 1 aliphatic heterocycles. The number of aryl methyl sites for hydroxylation is 2. The van der Waals surface area contributed by atoms with Crippen molar-refractivity contribution < 1.29 is 27.9 Å². The van der Waals surface area contributed by atoms with Crippen LogP contribution < -0.4 is 4.67 Å². The Labute approximate surface area is 241 Å². The third kappa shape index (κ3) is 10.2. The summed E-state index contributed by atoms with van der Waals surface area (Å²) in [7, 11) is 0. The van der Waals surface area contributed by atoms with Crippen LogP contribution in [0.5, 0.6) is 0 Å². The summed E-state index contributed by atoms with van der Waals surface area (Å²) in [5.41, 5.74) is 1.70. The van der Waals surface area contributed by atoms with E-state index in [4.69, 9.17) is 16.7 Å². The van der Waals surface area contributed by atoms with Gasteiger partial charge in [-0.15, -0.1) is 0 Å². The smallest absolute Gasteiger partial charge is 0.424 e. The molecule has 8 heteroatoms. The van der Waals surface area contributed by atoms with E-state index in [1.54, 1.807) is 0 Å². The third-order valence-electron chi connectivity index (χ3n) is 7.67. The molecule has 0 saturated carbocycles. The highest BCUT2D eigenvalue weighted by atomic mass is 35.5. The third-order valence-corrected chi connectivity index (χ3v) is 8.01. The number of hydrogen-bond donors (Lipinski definition) is 1. The van der Waals surface area contributed by atoms with E-state index in [0.717, 1.165) is 22.9 Å². The fourth-order valence-electron chi connectivity index (χ4n) is 5.37. The number of nitrogens with zero attached hydrogens (tertiary/aromatic N) is 1. The molecule has 0 fully saturated rings. The first-order valence-corrected chi connectivity index (χ1v) is 14.6. The molecule has 0 aliphatic carbocycles. The molecule has 4 nitrogen and oxygen atoms in total. The lowest BCUT2D eigenvalue weighted by Gasteiger charge is -2.23. The van der Waals surface area contributed by atoms with Crippen molar-refractivity contribution >= 4 is 35.3 Å². The number of alkyl halides is 3. The lowest BCUT2D eigenvalue weighted by atomic mass is 9.80. The minimum Gasteiger partial charge on any atom is -0.481 e. The molecule has 1 aliphatic rings. The number of rotatable bonds is 15. The number of carboxylic acid groups (broad SMARTS) is 1. The number of benzene rings is 1. The Bertz CT molecular complexity index is 1150. The molecule has 0 radical (unpaired) electrons. The normalized spacial score (nSPS) is 15.4. The Hall–Kier alpha value is -2.37. The van der Waals surface area contributed by atoms with E-state index < -0.39 is 29.4 Å². The zero-order valence-electron chi connectivity index (χ0n) is 24.7. The van der Waals surface area contributed by atoms with Crippen molar-refractivity contribution in [3.05, 3.63) is 45.0 Å². The van der Waals surface area contributed by atoms with E-state index in [1.807, 2.05) is 26.8 Å². The van der Waals surface area contributed by atoms with E-state index in [2.05, 4.69) is 31.5 Å². The molecule has 1 aromatic carbocycles. The highest BCUT2D eigenvalue weighted by molar-refractivity contribution is 6.31. The number of carbonyl (C=O) groups is 2. The van der Waals surface area contributed by atoms with Crippen molar-refractivity contribution in [2.24, 2.45) is 17.3 Å². The molecule has 2 atom stereocenters. The molecule has 0 saturated heterocycles. The SMILES string of the molecule is CCC(CCCC(=O)O)CC1=[N+]=CC(C(=O)C(CCCc2c(C)cc(C)cc2Cl)CCC(C)(C)C)=C1C(F)(F)F. The zero-order valence-corrected chi connectivity index (χ0v) is 25.4. The van der Waals surface area contributed by atoms with Crippen LogP contribution in [-0.2, 0) is 16.0 Å². The maximum atomic E-state index is 14.4. The number of allylic oxidation sites excluding steroid dienone is 2. The van der Waals surface area contributed by atoms with Gasteiger partial charge in [0.2, 0.25) is 0 Å². The summed E-state index contributed by atoms with van der Waals surface area (Å²) in [6.07, 6.45) is 0.860. The highest BCUT2D eigenvalue weighted by Crippen LogP contribution is 2.36. The first-order valence-electron chi connectivity index (χ1n) is 14.3. The van der Waals surface area contributed by atoms with Gasteiger partial charge in [-0.1, -0.05) is 56.5 Å². The van der Waals surface area contributed by atoms with Crippen LogP contribution in [0.4, 0.5) is 13.2 Å². The predicted molar refractivity (Wildman–Crippen MR) is 157 cm³/mol. The Morgan fingerprint density at radius 3 is 2.27 bits per heavy atom. The molecule has 0 amide bonds. The first-order chi connectivity index (χ1) is 18.5. The van der Waals surface area contributed by atoms with Gasteiger partial charge in [0.15, 0.2) is 11.4 Å². The van der Waals surface area contributed by atoms with Gasteiger partial charge in [-0.2, -0.15) is 13.2 Å². The summed E-state index contributed by atoms with van der Waals surface area (Å²) in [6.45, 7) is 12.0. The van der Waals surface area contributed by atoms with Crippen molar-refractivity contribution in [2.75, 3.05) is 0 Å². The van der Waals surface area contributed by atoms with Gasteiger partial charge >= 0.3 is 24.1 Å². The van der Waals surface area contributed by atoms with Crippen LogP contribution in [0.15, 0.2) is 23.3 Å². The Morgan fingerprint density at radius 1 is 1.05 bits per heavy atom. The number of Topliss-reactive ketones (excluding diaryl/α,β-unsaturated/α-hetero) is 1. The van der Waals surface area contributed by atoms with Gasteiger partial charge in [-0.3, -0.25) is 9.59 Å². The van der Waals surface area contributed by atoms with Crippen molar-refractivity contribution in [1.82, 2.24) is 4.67 Å². The molecule has 2 unspecified atom stereocenters. The van der Waals surface area contributed by atoms with Gasteiger partial charge in [0, 0.05) is 17.4 Å². The first kappa shape index (κ1) is 33.8. The van der Waals surface area contributed by atoms with E-state index in [9.17, 15) is 22.8 Å². The molecule has 0 aromatic heterocycles. The molecule has 0 bridgehead atoms. The summed E-state index contributed by atoms with van der Waals surface area (Å²) >= 11 is 6.47. The molecule has 2 rings (SSSR count). The Morgan fingerprint density at radius 2 is 1.73 bits per heavy atom. The largest absolute Gasteiger partial charge is 0.481 e. The number of carbonyl (C=O) groups excluding carboxylic acids is 1. The average Bonchev–Trinajstić information content (AvgIpc) is 3.24. The van der Waals surface area contributed by atoms with Crippen LogP contribution in [0.1, 0.15) is 102 Å². The zero-order chi connectivity index (χ0) is 30.3. The van der Waals surface area contributed by atoms with E-state index in [-0.39, 0.29) is 35.5 Å². The standard InChI is InChI=1S/C32H43ClF3NO3/c1-7-22(10-8-13-28(38)39)18-27-29(32(34,35)36)25(19-37-27)30(40)23(14-15-31(4,5)6)11-9-12-24-21(3)16-20(2)17-26(24)33/h16-17,19,22-23H,7-15,18H2,1-6H3/p+1. The van der Waals surface area contributed by atoms with Crippen LogP contribution in [-0.4, -0.2) is 35.0 Å². The predicted octanol–water partition coefficient (Wildman–Crippen LogP) is 8.41. The highest BCUT2D eigenvalue weighted by Gasteiger charge is 2.49. The number of carboxylic acids is 1. The van der Waals surface area contributed by atoms with Crippen LogP contribution in [0.2, 0.25) is 5.02 Å². The second kappa shape index (κ2) is 14.5.